The summed E-state index contributed by atoms with van der Waals surface area (Å²) in [5.74, 6) is -0.0548. The average Bonchev–Trinajstić information content (AvgIpc) is 2.30. The number of ether oxygens (including phenoxy) is 2. The highest BCUT2D eigenvalue weighted by atomic mass is 16.6. The Morgan fingerprint density at radius 1 is 1.25 bits per heavy atom. The van der Waals surface area contributed by atoms with E-state index in [2.05, 4.69) is 6.92 Å². The minimum Gasteiger partial charge on any atom is -0.459 e. The first-order valence-corrected chi connectivity index (χ1v) is 6.43. The highest BCUT2D eigenvalue weighted by Gasteiger charge is 2.33. The van der Waals surface area contributed by atoms with Crippen molar-refractivity contribution in [3.05, 3.63) is 0 Å². The predicted octanol–water partition coefficient (Wildman–Crippen LogP) is 3.07. The molecule has 0 radical (unpaired) electrons. The SMILES string of the molecule is CCC1(OC(=O)CCCOC)CCCCC1. The minimum absolute atomic E-state index is 0.0548. The molecule has 0 N–H and O–H groups in total. The first-order chi connectivity index (χ1) is 7.72. The van der Waals surface area contributed by atoms with Crippen molar-refractivity contribution in [1.29, 1.82) is 0 Å². The lowest BCUT2D eigenvalue weighted by Gasteiger charge is -2.36. The summed E-state index contributed by atoms with van der Waals surface area (Å²) in [6, 6.07) is 0. The molecule has 0 atom stereocenters. The van der Waals surface area contributed by atoms with Crippen LogP contribution in [0, 0.1) is 0 Å². The van der Waals surface area contributed by atoms with E-state index in [0.717, 1.165) is 25.7 Å². The van der Waals surface area contributed by atoms with Crippen LogP contribution in [0.3, 0.4) is 0 Å². The molecule has 0 heterocycles. The van der Waals surface area contributed by atoms with Crippen molar-refractivity contribution in [2.75, 3.05) is 13.7 Å². The summed E-state index contributed by atoms with van der Waals surface area (Å²) < 4.78 is 10.6. The number of carbonyl (C=O) groups excluding carboxylic acids is 1. The number of methoxy groups -OCH3 is 1. The third-order valence-corrected chi connectivity index (χ3v) is 3.47. The van der Waals surface area contributed by atoms with Crippen molar-refractivity contribution < 1.29 is 14.3 Å². The van der Waals surface area contributed by atoms with Crippen molar-refractivity contribution in [3.63, 3.8) is 0 Å². The molecule has 16 heavy (non-hydrogen) atoms. The summed E-state index contributed by atoms with van der Waals surface area (Å²) in [5.41, 5.74) is -0.150. The van der Waals surface area contributed by atoms with E-state index >= 15 is 0 Å². The number of carbonyl (C=O) groups is 1. The van der Waals surface area contributed by atoms with Crippen LogP contribution in [-0.4, -0.2) is 25.3 Å². The van der Waals surface area contributed by atoms with Crippen molar-refractivity contribution >= 4 is 5.97 Å². The van der Waals surface area contributed by atoms with E-state index < -0.39 is 0 Å². The maximum atomic E-state index is 11.7. The second-order valence-electron chi connectivity index (χ2n) is 4.67. The molecule has 0 aromatic rings. The van der Waals surface area contributed by atoms with Gasteiger partial charge in [-0.05, 0) is 38.5 Å². The van der Waals surface area contributed by atoms with Gasteiger partial charge >= 0.3 is 5.97 Å². The molecule has 94 valence electrons. The Hall–Kier alpha value is -0.570. The van der Waals surface area contributed by atoms with E-state index in [1.807, 2.05) is 0 Å². The van der Waals surface area contributed by atoms with Gasteiger partial charge in [-0.2, -0.15) is 0 Å². The molecule has 1 aliphatic carbocycles. The Kier molecular flexibility index (Phi) is 5.81. The summed E-state index contributed by atoms with van der Waals surface area (Å²) in [6.45, 7) is 2.75. The minimum atomic E-state index is -0.150. The highest BCUT2D eigenvalue weighted by molar-refractivity contribution is 5.69. The smallest absolute Gasteiger partial charge is 0.306 e. The van der Waals surface area contributed by atoms with Gasteiger partial charge in [0.25, 0.3) is 0 Å². The fourth-order valence-corrected chi connectivity index (χ4v) is 2.38. The zero-order valence-electron chi connectivity index (χ0n) is 10.6. The first kappa shape index (κ1) is 13.5. The van der Waals surface area contributed by atoms with Crippen LogP contribution in [0.25, 0.3) is 0 Å². The van der Waals surface area contributed by atoms with E-state index in [1.54, 1.807) is 7.11 Å². The lowest BCUT2D eigenvalue weighted by Crippen LogP contribution is -2.36. The van der Waals surface area contributed by atoms with Gasteiger partial charge < -0.3 is 9.47 Å². The van der Waals surface area contributed by atoms with Crippen LogP contribution in [0.1, 0.15) is 58.3 Å². The number of rotatable bonds is 6. The van der Waals surface area contributed by atoms with E-state index in [-0.39, 0.29) is 11.6 Å². The normalized spacial score (nSPS) is 19.4. The monoisotopic (exact) mass is 228 g/mol. The molecule has 1 rings (SSSR count). The van der Waals surface area contributed by atoms with E-state index in [4.69, 9.17) is 9.47 Å². The molecule has 0 aromatic carbocycles. The number of esters is 1. The zero-order valence-corrected chi connectivity index (χ0v) is 10.6. The van der Waals surface area contributed by atoms with Gasteiger partial charge in [-0.1, -0.05) is 13.3 Å². The second kappa shape index (κ2) is 6.89. The first-order valence-electron chi connectivity index (χ1n) is 6.43. The predicted molar refractivity (Wildman–Crippen MR) is 63.3 cm³/mol. The number of hydrogen-bond donors (Lipinski definition) is 0. The van der Waals surface area contributed by atoms with Gasteiger partial charge in [-0.3, -0.25) is 4.79 Å². The van der Waals surface area contributed by atoms with Gasteiger partial charge in [-0.15, -0.1) is 0 Å². The molecule has 3 nitrogen and oxygen atoms in total. The molecule has 0 bridgehead atoms. The van der Waals surface area contributed by atoms with Crippen LogP contribution < -0.4 is 0 Å². The van der Waals surface area contributed by atoms with Crippen LogP contribution >= 0.6 is 0 Å². The third kappa shape index (κ3) is 4.12. The molecule has 3 heteroatoms. The lowest BCUT2D eigenvalue weighted by molar-refractivity contribution is -0.164. The Morgan fingerprint density at radius 2 is 1.94 bits per heavy atom. The molecule has 1 saturated carbocycles. The van der Waals surface area contributed by atoms with Gasteiger partial charge in [0, 0.05) is 20.1 Å². The standard InChI is InChI=1S/C13H24O3/c1-3-13(9-5-4-6-10-13)16-12(14)8-7-11-15-2/h3-11H2,1-2H3. The van der Waals surface area contributed by atoms with Crippen molar-refractivity contribution in [3.8, 4) is 0 Å². The Bertz CT molecular complexity index is 207. The second-order valence-corrected chi connectivity index (χ2v) is 4.67. The molecule has 0 unspecified atom stereocenters. The quantitative estimate of drug-likeness (QED) is 0.517. The molecular formula is C13H24O3. The van der Waals surface area contributed by atoms with Gasteiger partial charge in [0.2, 0.25) is 0 Å². The van der Waals surface area contributed by atoms with Gasteiger partial charge in [0.15, 0.2) is 0 Å². The molecule has 1 aliphatic rings. The Balaban J connectivity index is 2.33. The largest absolute Gasteiger partial charge is 0.459 e. The van der Waals surface area contributed by atoms with Crippen molar-refractivity contribution in [2.24, 2.45) is 0 Å². The summed E-state index contributed by atoms with van der Waals surface area (Å²) in [5, 5.41) is 0. The summed E-state index contributed by atoms with van der Waals surface area (Å²) >= 11 is 0. The average molecular weight is 228 g/mol. The van der Waals surface area contributed by atoms with Crippen LogP contribution in [0.5, 0.6) is 0 Å². The fraction of sp³-hybridized carbons (Fsp3) is 0.923. The molecular weight excluding hydrogens is 204 g/mol. The van der Waals surface area contributed by atoms with Crippen LogP contribution in [-0.2, 0) is 14.3 Å². The van der Waals surface area contributed by atoms with Crippen LogP contribution in [0.2, 0.25) is 0 Å². The highest BCUT2D eigenvalue weighted by Crippen LogP contribution is 2.34. The van der Waals surface area contributed by atoms with Crippen LogP contribution in [0.4, 0.5) is 0 Å². The number of hydrogen-bond acceptors (Lipinski definition) is 3. The topological polar surface area (TPSA) is 35.5 Å². The maximum Gasteiger partial charge on any atom is 0.306 e. The maximum absolute atomic E-state index is 11.7. The Morgan fingerprint density at radius 3 is 2.50 bits per heavy atom. The molecule has 0 amide bonds. The fourth-order valence-electron chi connectivity index (χ4n) is 2.38. The van der Waals surface area contributed by atoms with E-state index in [0.29, 0.717) is 13.0 Å². The molecule has 0 spiro atoms. The summed E-state index contributed by atoms with van der Waals surface area (Å²) in [7, 11) is 1.65. The van der Waals surface area contributed by atoms with E-state index in [1.165, 1.54) is 19.3 Å². The van der Waals surface area contributed by atoms with Crippen LogP contribution in [0.15, 0.2) is 0 Å². The van der Waals surface area contributed by atoms with Gasteiger partial charge in [0.05, 0.1) is 0 Å². The third-order valence-electron chi connectivity index (χ3n) is 3.47. The molecule has 1 fully saturated rings. The Labute approximate surface area is 98.5 Å². The molecule has 0 aliphatic heterocycles. The van der Waals surface area contributed by atoms with Gasteiger partial charge in [-0.25, -0.2) is 0 Å². The molecule has 0 aromatic heterocycles. The molecule has 0 saturated heterocycles. The summed E-state index contributed by atoms with van der Waals surface area (Å²) in [4.78, 5) is 11.7. The van der Waals surface area contributed by atoms with Crippen molar-refractivity contribution in [2.45, 2.75) is 63.9 Å². The lowest BCUT2D eigenvalue weighted by atomic mass is 9.83. The van der Waals surface area contributed by atoms with Crippen molar-refractivity contribution in [1.82, 2.24) is 0 Å². The van der Waals surface area contributed by atoms with Gasteiger partial charge in [0.1, 0.15) is 5.60 Å². The zero-order chi connectivity index (χ0) is 11.9. The van der Waals surface area contributed by atoms with E-state index in [9.17, 15) is 4.79 Å². The summed E-state index contributed by atoms with van der Waals surface area (Å²) in [6.07, 6.45) is 7.94.